The summed E-state index contributed by atoms with van der Waals surface area (Å²) in [5.41, 5.74) is 8.89. The zero-order valence-electron chi connectivity index (χ0n) is 19.5. The van der Waals surface area contributed by atoms with Crippen molar-refractivity contribution in [3.8, 4) is 44.5 Å². The van der Waals surface area contributed by atoms with Crippen LogP contribution in [0.15, 0.2) is 109 Å². The summed E-state index contributed by atoms with van der Waals surface area (Å²) in [5, 5.41) is 20.1. The van der Waals surface area contributed by atoms with E-state index in [9.17, 15) is 10.5 Å². The van der Waals surface area contributed by atoms with Crippen LogP contribution in [0.3, 0.4) is 0 Å². The molecule has 0 spiro atoms. The van der Waals surface area contributed by atoms with Crippen LogP contribution in [0.5, 0.6) is 10.8 Å². The number of allylic oxidation sites excluding steroid dienone is 1. The average molecular weight is 492 g/mol. The number of nitriles is 2. The first-order chi connectivity index (χ1) is 18.3. The summed E-state index contributed by atoms with van der Waals surface area (Å²) >= 11 is 1.61. The maximum atomic E-state index is 9.61. The lowest BCUT2D eigenvalue weighted by Crippen LogP contribution is -2.14. The summed E-state index contributed by atoms with van der Waals surface area (Å²) in [6, 6.07) is 38.9. The van der Waals surface area contributed by atoms with Gasteiger partial charge in [0.25, 0.3) is 0 Å². The number of benzene rings is 4. The van der Waals surface area contributed by atoms with Gasteiger partial charge < -0.3 is 9.64 Å². The molecular weight excluding hydrogens is 474 g/mol. The number of nitrogens with zero attached hydrogens (tertiary/aromatic N) is 3. The highest BCUT2D eigenvalue weighted by atomic mass is 32.1. The summed E-state index contributed by atoms with van der Waals surface area (Å²) in [4.78, 5) is 3.32. The van der Waals surface area contributed by atoms with E-state index in [2.05, 4.69) is 53.4 Å². The summed E-state index contributed by atoms with van der Waals surface area (Å²) in [5.74, 6) is 0.824. The fraction of sp³-hybridized carbons (Fsp3) is 0. The van der Waals surface area contributed by atoms with Gasteiger partial charge in [-0.05, 0) is 64.2 Å². The van der Waals surface area contributed by atoms with Gasteiger partial charge in [-0.2, -0.15) is 10.5 Å². The minimum atomic E-state index is 0.134. The molecule has 0 bridgehead atoms. The van der Waals surface area contributed by atoms with Crippen molar-refractivity contribution in [3.63, 3.8) is 0 Å². The van der Waals surface area contributed by atoms with E-state index in [-0.39, 0.29) is 5.57 Å². The fourth-order valence-corrected chi connectivity index (χ4v) is 6.18. The van der Waals surface area contributed by atoms with Crippen molar-refractivity contribution < 1.29 is 4.74 Å². The molecule has 1 aromatic heterocycles. The molecule has 0 amide bonds. The highest BCUT2D eigenvalue weighted by molar-refractivity contribution is 7.18. The molecule has 0 N–H and O–H groups in total. The van der Waals surface area contributed by atoms with E-state index in [1.807, 2.05) is 66.7 Å². The Kier molecular flexibility index (Phi) is 4.72. The van der Waals surface area contributed by atoms with Crippen molar-refractivity contribution >= 4 is 34.0 Å². The second-order valence-corrected chi connectivity index (χ2v) is 9.82. The van der Waals surface area contributed by atoms with Crippen molar-refractivity contribution in [2.75, 3.05) is 4.90 Å². The van der Waals surface area contributed by atoms with Gasteiger partial charge in [0, 0.05) is 16.1 Å². The Hall–Kier alpha value is -5.10. The molecule has 0 radical (unpaired) electrons. The van der Waals surface area contributed by atoms with E-state index in [1.54, 1.807) is 11.3 Å². The monoisotopic (exact) mass is 491 g/mol. The third kappa shape index (κ3) is 3.19. The smallest absolute Gasteiger partial charge is 0.205 e. The zero-order valence-corrected chi connectivity index (χ0v) is 20.3. The lowest BCUT2D eigenvalue weighted by Gasteiger charge is -2.30. The van der Waals surface area contributed by atoms with E-state index in [0.29, 0.717) is 5.57 Å². The molecule has 4 aromatic carbocycles. The number of anilines is 3. The molecule has 0 unspecified atom stereocenters. The van der Waals surface area contributed by atoms with Gasteiger partial charge in [0.05, 0.1) is 5.69 Å². The Morgan fingerprint density at radius 3 is 2.19 bits per heavy atom. The van der Waals surface area contributed by atoms with Gasteiger partial charge in [0.2, 0.25) is 5.06 Å². The molecule has 2 heterocycles. The van der Waals surface area contributed by atoms with Gasteiger partial charge in [0.1, 0.15) is 23.4 Å². The highest BCUT2D eigenvalue weighted by Gasteiger charge is 2.30. The standard InChI is InChI=1S/C32H17N3OS/c33-18-21(19-34)31-24-11-5-4-10-23(24)26-16-20(14-15-25(26)31)30-17-28-32(37-30)36-29-13-7-6-12-27(29)35(28)22-8-2-1-3-9-22/h1-17H. The van der Waals surface area contributed by atoms with Gasteiger partial charge in [-0.3, -0.25) is 0 Å². The van der Waals surface area contributed by atoms with E-state index in [4.69, 9.17) is 4.74 Å². The fourth-order valence-electron chi connectivity index (χ4n) is 5.17. The normalized spacial score (nSPS) is 12.4. The molecule has 172 valence electrons. The Morgan fingerprint density at radius 2 is 1.38 bits per heavy atom. The summed E-state index contributed by atoms with van der Waals surface area (Å²) in [7, 11) is 0. The van der Waals surface area contributed by atoms with Crippen molar-refractivity contribution in [1.82, 2.24) is 0 Å². The number of hydrogen-bond acceptors (Lipinski definition) is 5. The molecule has 5 aromatic rings. The summed E-state index contributed by atoms with van der Waals surface area (Å²) < 4.78 is 6.36. The Labute approximate surface area is 218 Å². The van der Waals surface area contributed by atoms with Crippen LogP contribution in [0.4, 0.5) is 17.1 Å². The minimum Gasteiger partial charge on any atom is -0.442 e. The molecule has 7 rings (SSSR count). The van der Waals surface area contributed by atoms with Gasteiger partial charge >= 0.3 is 0 Å². The van der Waals surface area contributed by atoms with Gasteiger partial charge in [-0.25, -0.2) is 0 Å². The van der Waals surface area contributed by atoms with Crippen LogP contribution in [0.1, 0.15) is 11.1 Å². The highest BCUT2D eigenvalue weighted by Crippen LogP contribution is 2.56. The lowest BCUT2D eigenvalue weighted by molar-refractivity contribution is 0.491. The van der Waals surface area contributed by atoms with Gasteiger partial charge in [-0.15, -0.1) is 0 Å². The van der Waals surface area contributed by atoms with E-state index in [1.165, 1.54) is 0 Å². The third-order valence-electron chi connectivity index (χ3n) is 6.78. The largest absolute Gasteiger partial charge is 0.442 e. The van der Waals surface area contributed by atoms with E-state index < -0.39 is 0 Å². The van der Waals surface area contributed by atoms with E-state index >= 15 is 0 Å². The molecule has 1 aliphatic heterocycles. The number of fused-ring (bicyclic) bond motifs is 5. The SMILES string of the molecule is N#CC(C#N)=C1c2ccccc2-c2cc(-c3cc4c(s3)Oc3ccccc3N4c3ccccc3)ccc21. The number of rotatable bonds is 2. The average Bonchev–Trinajstić information content (AvgIpc) is 3.52. The molecular formula is C32H17N3OS. The van der Waals surface area contributed by atoms with Crippen LogP contribution < -0.4 is 9.64 Å². The van der Waals surface area contributed by atoms with Crippen LogP contribution >= 0.6 is 11.3 Å². The van der Waals surface area contributed by atoms with Crippen LogP contribution in [-0.4, -0.2) is 0 Å². The topological polar surface area (TPSA) is 60.1 Å². The molecule has 0 fully saturated rings. The first kappa shape index (κ1) is 21.2. The quantitative estimate of drug-likeness (QED) is 0.227. The van der Waals surface area contributed by atoms with Crippen LogP contribution in [-0.2, 0) is 0 Å². The first-order valence-electron chi connectivity index (χ1n) is 11.8. The Morgan fingerprint density at radius 1 is 0.676 bits per heavy atom. The number of ether oxygens (including phenoxy) is 1. The van der Waals surface area contributed by atoms with Crippen molar-refractivity contribution in [2.45, 2.75) is 0 Å². The summed E-state index contributed by atoms with van der Waals surface area (Å²) in [6.45, 7) is 0. The maximum absolute atomic E-state index is 9.61. The zero-order chi connectivity index (χ0) is 24.9. The summed E-state index contributed by atoms with van der Waals surface area (Å²) in [6.07, 6.45) is 0. The maximum Gasteiger partial charge on any atom is 0.205 e. The van der Waals surface area contributed by atoms with Crippen LogP contribution in [0.2, 0.25) is 0 Å². The molecule has 4 nitrogen and oxygen atoms in total. The predicted molar refractivity (Wildman–Crippen MR) is 147 cm³/mol. The molecule has 0 saturated heterocycles. The van der Waals surface area contributed by atoms with Gasteiger partial charge in [-0.1, -0.05) is 78.1 Å². The van der Waals surface area contributed by atoms with Crippen LogP contribution in [0, 0.1) is 22.7 Å². The molecule has 0 atom stereocenters. The molecule has 0 saturated carbocycles. The first-order valence-corrected chi connectivity index (χ1v) is 12.6. The Bertz CT molecular complexity index is 1820. The third-order valence-corrected chi connectivity index (χ3v) is 7.83. The van der Waals surface area contributed by atoms with Gasteiger partial charge in [0.15, 0.2) is 5.75 Å². The predicted octanol–water partition coefficient (Wildman–Crippen LogP) is 8.82. The van der Waals surface area contributed by atoms with E-state index in [0.717, 1.165) is 60.6 Å². The molecule has 5 heteroatoms. The lowest BCUT2D eigenvalue weighted by atomic mass is 9.98. The minimum absolute atomic E-state index is 0.134. The van der Waals surface area contributed by atoms with Crippen molar-refractivity contribution in [2.24, 2.45) is 0 Å². The van der Waals surface area contributed by atoms with Crippen molar-refractivity contribution in [3.05, 3.63) is 120 Å². The number of thiophene rings is 1. The second-order valence-electron chi connectivity index (χ2n) is 8.80. The van der Waals surface area contributed by atoms with Crippen molar-refractivity contribution in [1.29, 1.82) is 10.5 Å². The number of hydrogen-bond donors (Lipinski definition) is 0. The van der Waals surface area contributed by atoms with Crippen LogP contribution in [0.25, 0.3) is 27.1 Å². The number of para-hydroxylation sites is 3. The second kappa shape index (κ2) is 8.24. The molecule has 1 aliphatic carbocycles. The Balaban J connectivity index is 1.39. The molecule has 37 heavy (non-hydrogen) atoms. The molecule has 2 aliphatic rings.